The standard InChI is InChI=1S/C34H41N3O7/c1-33(2,3)43-31(41)36-15-7-9-26(36)28(38)18-20-11-13-22-23-14-12-21(19-25(23)29(39)24(22)17-20)35-30(40)27-10-8-16-37(27)32(42)44-34(4,5)6/h11-14,17,19,26-27H,7-10,15-16,18H2,1-6H3,(H,35,40)/t26-,27-/m0/s1. The number of ketones is 2. The number of ether oxygens (including phenoxy) is 2. The molecule has 1 aliphatic carbocycles. The normalized spacial score (nSPS) is 19.5. The molecule has 2 fully saturated rings. The third-order valence-electron chi connectivity index (χ3n) is 7.96. The van der Waals surface area contributed by atoms with Gasteiger partial charge in [0.15, 0.2) is 11.6 Å². The first-order valence-corrected chi connectivity index (χ1v) is 15.3. The second kappa shape index (κ2) is 11.7. The van der Waals surface area contributed by atoms with E-state index in [1.54, 1.807) is 65.8 Å². The lowest BCUT2D eigenvalue weighted by Gasteiger charge is -2.28. The average Bonchev–Trinajstić information content (AvgIpc) is 3.66. The molecule has 10 heteroatoms. The Labute approximate surface area is 258 Å². The predicted molar refractivity (Wildman–Crippen MR) is 165 cm³/mol. The van der Waals surface area contributed by atoms with Gasteiger partial charge in [-0.2, -0.15) is 0 Å². The number of hydrogen-bond donors (Lipinski definition) is 1. The lowest BCUT2D eigenvalue weighted by Crippen LogP contribution is -2.45. The molecule has 0 bridgehead atoms. The topological polar surface area (TPSA) is 122 Å². The van der Waals surface area contributed by atoms with Gasteiger partial charge in [-0.05, 0) is 102 Å². The molecule has 3 amide bonds. The van der Waals surface area contributed by atoms with Gasteiger partial charge in [0.1, 0.15) is 17.2 Å². The van der Waals surface area contributed by atoms with E-state index in [0.29, 0.717) is 54.7 Å². The first-order valence-electron chi connectivity index (χ1n) is 15.3. The molecule has 234 valence electrons. The van der Waals surface area contributed by atoms with E-state index in [2.05, 4.69) is 5.32 Å². The summed E-state index contributed by atoms with van der Waals surface area (Å²) in [6.45, 7) is 11.7. The van der Waals surface area contributed by atoms with Crippen LogP contribution in [0.15, 0.2) is 36.4 Å². The Morgan fingerprint density at radius 3 is 1.86 bits per heavy atom. The summed E-state index contributed by atoms with van der Waals surface area (Å²) in [5.41, 5.74) is 2.32. The molecule has 1 N–H and O–H groups in total. The van der Waals surface area contributed by atoms with Crippen LogP contribution in [0.5, 0.6) is 0 Å². The molecule has 3 aliphatic rings. The van der Waals surface area contributed by atoms with Gasteiger partial charge in [-0.3, -0.25) is 24.2 Å². The zero-order valence-electron chi connectivity index (χ0n) is 26.3. The number of amides is 3. The van der Waals surface area contributed by atoms with Gasteiger partial charge in [0.25, 0.3) is 0 Å². The summed E-state index contributed by atoms with van der Waals surface area (Å²) in [5, 5.41) is 2.88. The Bertz CT molecular complexity index is 1410. The fourth-order valence-corrected chi connectivity index (χ4v) is 6.08. The number of rotatable bonds is 5. The van der Waals surface area contributed by atoms with E-state index >= 15 is 0 Å². The van der Waals surface area contributed by atoms with Gasteiger partial charge in [-0.25, -0.2) is 9.59 Å². The smallest absolute Gasteiger partial charge is 0.410 e. The van der Waals surface area contributed by atoms with E-state index in [9.17, 15) is 24.0 Å². The number of carbonyl (C=O) groups excluding carboxylic acids is 5. The summed E-state index contributed by atoms with van der Waals surface area (Å²) in [6, 6.07) is 9.43. The molecule has 5 rings (SSSR count). The average molecular weight is 604 g/mol. The fourth-order valence-electron chi connectivity index (χ4n) is 6.08. The zero-order chi connectivity index (χ0) is 32.0. The van der Waals surface area contributed by atoms with Crippen molar-refractivity contribution < 1.29 is 33.4 Å². The van der Waals surface area contributed by atoms with Gasteiger partial charge in [0, 0.05) is 36.3 Å². The highest BCUT2D eigenvalue weighted by molar-refractivity contribution is 6.22. The van der Waals surface area contributed by atoms with E-state index in [4.69, 9.17) is 9.47 Å². The van der Waals surface area contributed by atoms with Crippen molar-refractivity contribution in [3.8, 4) is 11.1 Å². The maximum Gasteiger partial charge on any atom is 0.410 e. The summed E-state index contributed by atoms with van der Waals surface area (Å²) in [6.07, 6.45) is 1.62. The number of benzene rings is 2. The molecule has 0 aromatic heterocycles. The van der Waals surface area contributed by atoms with Crippen molar-refractivity contribution in [3.63, 3.8) is 0 Å². The second-order valence-electron chi connectivity index (χ2n) is 13.8. The number of Topliss-reactive ketones (excluding diaryl/α,β-unsaturated/α-hetero) is 1. The van der Waals surface area contributed by atoms with E-state index in [1.165, 1.54) is 9.80 Å². The molecule has 2 heterocycles. The minimum Gasteiger partial charge on any atom is -0.444 e. The van der Waals surface area contributed by atoms with E-state index in [1.807, 2.05) is 12.1 Å². The Kier molecular flexibility index (Phi) is 8.31. The van der Waals surface area contributed by atoms with Gasteiger partial charge in [-0.1, -0.05) is 18.2 Å². The van der Waals surface area contributed by atoms with Gasteiger partial charge in [0.2, 0.25) is 5.91 Å². The van der Waals surface area contributed by atoms with Crippen LogP contribution >= 0.6 is 0 Å². The fraction of sp³-hybridized carbons (Fsp3) is 0.500. The summed E-state index contributed by atoms with van der Waals surface area (Å²) in [5.74, 6) is -0.606. The van der Waals surface area contributed by atoms with Crippen molar-refractivity contribution in [2.75, 3.05) is 18.4 Å². The number of anilines is 1. The molecular formula is C34H41N3O7. The van der Waals surface area contributed by atoms with Crippen LogP contribution in [0.3, 0.4) is 0 Å². The van der Waals surface area contributed by atoms with Gasteiger partial charge >= 0.3 is 12.2 Å². The lowest BCUT2D eigenvalue weighted by molar-refractivity contribution is -0.122. The molecule has 2 aliphatic heterocycles. The van der Waals surface area contributed by atoms with Crippen molar-refractivity contribution in [1.29, 1.82) is 0 Å². The molecule has 0 unspecified atom stereocenters. The lowest BCUT2D eigenvalue weighted by atomic mass is 9.98. The highest BCUT2D eigenvalue weighted by Crippen LogP contribution is 2.39. The second-order valence-corrected chi connectivity index (χ2v) is 13.8. The molecule has 2 atom stereocenters. The number of nitrogens with one attached hydrogen (secondary N) is 1. The monoisotopic (exact) mass is 603 g/mol. The molecule has 2 saturated heterocycles. The van der Waals surface area contributed by atoms with Crippen LogP contribution in [0.1, 0.15) is 88.7 Å². The summed E-state index contributed by atoms with van der Waals surface area (Å²) < 4.78 is 11.0. The van der Waals surface area contributed by atoms with Crippen LogP contribution in [-0.2, 0) is 25.5 Å². The Morgan fingerprint density at radius 1 is 0.750 bits per heavy atom. The van der Waals surface area contributed by atoms with Gasteiger partial charge in [-0.15, -0.1) is 0 Å². The molecule has 2 aromatic rings. The van der Waals surface area contributed by atoms with Crippen LogP contribution in [0, 0.1) is 0 Å². The van der Waals surface area contributed by atoms with Crippen LogP contribution in [-0.4, -0.2) is 75.8 Å². The van der Waals surface area contributed by atoms with Crippen molar-refractivity contribution in [2.45, 2.75) is 96.9 Å². The minimum absolute atomic E-state index is 0.0893. The van der Waals surface area contributed by atoms with Crippen LogP contribution in [0.4, 0.5) is 15.3 Å². The highest BCUT2D eigenvalue weighted by Gasteiger charge is 2.38. The maximum absolute atomic E-state index is 13.5. The summed E-state index contributed by atoms with van der Waals surface area (Å²) in [4.78, 5) is 68.2. The molecule has 0 spiro atoms. The number of hydrogen-bond acceptors (Lipinski definition) is 7. The van der Waals surface area contributed by atoms with Gasteiger partial charge < -0.3 is 14.8 Å². The molecule has 2 aromatic carbocycles. The largest absolute Gasteiger partial charge is 0.444 e. The molecule has 0 radical (unpaired) electrons. The first kappa shape index (κ1) is 31.2. The highest BCUT2D eigenvalue weighted by atomic mass is 16.6. The number of likely N-dealkylation sites (tertiary alicyclic amines) is 2. The van der Waals surface area contributed by atoms with Gasteiger partial charge in [0.05, 0.1) is 6.04 Å². The maximum atomic E-state index is 13.5. The molecule has 44 heavy (non-hydrogen) atoms. The Hall–Kier alpha value is -4.21. The molecular weight excluding hydrogens is 562 g/mol. The van der Waals surface area contributed by atoms with Crippen molar-refractivity contribution in [2.24, 2.45) is 0 Å². The third-order valence-corrected chi connectivity index (χ3v) is 7.96. The summed E-state index contributed by atoms with van der Waals surface area (Å²) in [7, 11) is 0. The van der Waals surface area contributed by atoms with Crippen molar-refractivity contribution >= 4 is 35.3 Å². The Balaban J connectivity index is 1.26. The zero-order valence-corrected chi connectivity index (χ0v) is 26.3. The third kappa shape index (κ3) is 6.64. The molecule has 0 saturated carbocycles. The van der Waals surface area contributed by atoms with Crippen molar-refractivity contribution in [1.82, 2.24) is 9.80 Å². The van der Waals surface area contributed by atoms with Crippen LogP contribution in [0.2, 0.25) is 0 Å². The number of nitrogens with zero attached hydrogens (tertiary/aromatic N) is 2. The minimum atomic E-state index is -0.667. The predicted octanol–water partition coefficient (Wildman–Crippen LogP) is 5.75. The first-order chi connectivity index (χ1) is 20.6. The quantitative estimate of drug-likeness (QED) is 0.394. The Morgan fingerprint density at radius 2 is 1.27 bits per heavy atom. The molecule has 10 nitrogen and oxygen atoms in total. The van der Waals surface area contributed by atoms with Crippen LogP contribution < -0.4 is 5.32 Å². The van der Waals surface area contributed by atoms with Crippen molar-refractivity contribution in [3.05, 3.63) is 53.1 Å². The SMILES string of the molecule is CC(C)(C)OC(=O)N1CCC[C@H]1C(=O)Cc1ccc2c(c1)C(=O)c1cc(NC(=O)[C@@H]3CCCN3C(=O)OC(C)(C)C)ccc1-2. The van der Waals surface area contributed by atoms with E-state index < -0.39 is 35.5 Å². The summed E-state index contributed by atoms with van der Waals surface area (Å²) >= 11 is 0. The van der Waals surface area contributed by atoms with E-state index in [0.717, 1.165) is 17.5 Å². The number of fused-ring (bicyclic) bond motifs is 3. The van der Waals surface area contributed by atoms with E-state index in [-0.39, 0.29) is 23.9 Å². The number of carbonyl (C=O) groups is 5. The van der Waals surface area contributed by atoms with Crippen LogP contribution in [0.25, 0.3) is 11.1 Å².